The van der Waals surface area contributed by atoms with E-state index in [4.69, 9.17) is 5.11 Å². The maximum atomic E-state index is 8.90. The summed E-state index contributed by atoms with van der Waals surface area (Å²) in [6.45, 7) is 10.3. The van der Waals surface area contributed by atoms with E-state index in [1.54, 1.807) is 0 Å². The summed E-state index contributed by atoms with van der Waals surface area (Å²) in [5, 5.41) is 12.5. The van der Waals surface area contributed by atoms with Gasteiger partial charge in [-0.2, -0.15) is 0 Å². The minimum atomic E-state index is 0.208. The van der Waals surface area contributed by atoms with E-state index >= 15 is 0 Å². The zero-order chi connectivity index (χ0) is 12.0. The highest BCUT2D eigenvalue weighted by molar-refractivity contribution is 4.82. The average Bonchev–Trinajstić information content (AvgIpc) is 2.23. The lowest BCUT2D eigenvalue weighted by Gasteiger charge is -2.37. The Labute approximate surface area is 100 Å². The third-order valence-corrected chi connectivity index (χ3v) is 3.22. The molecular weight excluding hydrogens is 200 g/mol. The van der Waals surface area contributed by atoms with Crippen LogP contribution in [0.3, 0.4) is 0 Å². The highest BCUT2D eigenvalue weighted by atomic mass is 16.3. The third kappa shape index (κ3) is 5.28. The number of nitrogens with one attached hydrogen (secondary N) is 1. The summed E-state index contributed by atoms with van der Waals surface area (Å²) in [7, 11) is 0. The van der Waals surface area contributed by atoms with Crippen molar-refractivity contribution in [3.05, 3.63) is 0 Å². The molecule has 0 aromatic rings. The predicted molar refractivity (Wildman–Crippen MR) is 68.7 cm³/mol. The Kier molecular flexibility index (Phi) is 5.73. The number of likely N-dealkylation sites (tertiary alicyclic amines) is 1. The van der Waals surface area contributed by atoms with Crippen LogP contribution >= 0.6 is 0 Å². The lowest BCUT2D eigenvalue weighted by Crippen LogP contribution is -2.49. The second-order valence-electron chi connectivity index (χ2n) is 5.89. The van der Waals surface area contributed by atoms with E-state index in [1.807, 2.05) is 0 Å². The van der Waals surface area contributed by atoms with Gasteiger partial charge in [0.05, 0.1) is 0 Å². The summed E-state index contributed by atoms with van der Waals surface area (Å²) < 4.78 is 0. The van der Waals surface area contributed by atoms with Crippen molar-refractivity contribution in [1.82, 2.24) is 10.2 Å². The smallest absolute Gasteiger partial charge is 0.0443 e. The Morgan fingerprint density at radius 1 is 1.31 bits per heavy atom. The number of hydrogen-bond donors (Lipinski definition) is 2. The van der Waals surface area contributed by atoms with Crippen LogP contribution in [0.2, 0.25) is 0 Å². The van der Waals surface area contributed by atoms with Gasteiger partial charge in [-0.15, -0.1) is 0 Å². The van der Waals surface area contributed by atoms with Gasteiger partial charge in [0.15, 0.2) is 0 Å². The molecule has 3 nitrogen and oxygen atoms in total. The van der Waals surface area contributed by atoms with E-state index < -0.39 is 0 Å². The largest absolute Gasteiger partial charge is 0.396 e. The van der Waals surface area contributed by atoms with E-state index in [9.17, 15) is 0 Å². The van der Waals surface area contributed by atoms with Crippen LogP contribution in [0.15, 0.2) is 0 Å². The fourth-order valence-electron chi connectivity index (χ4n) is 2.28. The molecule has 1 aliphatic heterocycles. The van der Waals surface area contributed by atoms with Crippen molar-refractivity contribution in [2.45, 2.75) is 58.0 Å². The molecule has 0 saturated carbocycles. The minimum Gasteiger partial charge on any atom is -0.396 e. The van der Waals surface area contributed by atoms with Gasteiger partial charge in [0.25, 0.3) is 0 Å². The molecule has 0 radical (unpaired) electrons. The first-order valence-electron chi connectivity index (χ1n) is 6.63. The van der Waals surface area contributed by atoms with Crippen LogP contribution < -0.4 is 5.32 Å². The number of hydrogen-bond acceptors (Lipinski definition) is 3. The molecular formula is C13H28N2O. The Morgan fingerprint density at radius 2 is 2.06 bits per heavy atom. The van der Waals surface area contributed by atoms with Crippen molar-refractivity contribution in [2.75, 3.05) is 26.2 Å². The van der Waals surface area contributed by atoms with E-state index in [0.29, 0.717) is 12.6 Å². The zero-order valence-electron chi connectivity index (χ0n) is 11.1. The van der Waals surface area contributed by atoms with Gasteiger partial charge in [-0.1, -0.05) is 6.42 Å². The summed E-state index contributed by atoms with van der Waals surface area (Å²) in [5.41, 5.74) is 0.208. The van der Waals surface area contributed by atoms with Crippen LogP contribution in [0, 0.1) is 0 Å². The molecule has 0 aliphatic carbocycles. The Balaban J connectivity index is 2.34. The maximum absolute atomic E-state index is 8.90. The molecule has 0 spiro atoms. The SMILES string of the molecule is CC(C)(C)NCC1CCCCN1CCCO. The number of piperidine rings is 1. The quantitative estimate of drug-likeness (QED) is 0.750. The standard InChI is InChI=1S/C13H28N2O/c1-13(2,3)14-11-12-7-4-5-8-15(12)9-6-10-16/h12,14,16H,4-11H2,1-3H3. The van der Waals surface area contributed by atoms with Crippen LogP contribution in [0.1, 0.15) is 46.5 Å². The van der Waals surface area contributed by atoms with Crippen LogP contribution in [0.4, 0.5) is 0 Å². The fraction of sp³-hybridized carbons (Fsp3) is 1.00. The molecule has 0 aromatic heterocycles. The molecule has 0 aromatic carbocycles. The molecule has 3 heteroatoms. The molecule has 1 atom stereocenters. The van der Waals surface area contributed by atoms with Crippen LogP contribution in [-0.4, -0.2) is 47.8 Å². The highest BCUT2D eigenvalue weighted by Crippen LogP contribution is 2.17. The third-order valence-electron chi connectivity index (χ3n) is 3.22. The van der Waals surface area contributed by atoms with Gasteiger partial charge in [0, 0.05) is 31.3 Å². The predicted octanol–water partition coefficient (Wildman–Crippen LogP) is 1.61. The summed E-state index contributed by atoms with van der Waals surface area (Å²) in [6.07, 6.45) is 4.88. The average molecular weight is 228 g/mol. The van der Waals surface area contributed by atoms with Crippen LogP contribution in [-0.2, 0) is 0 Å². The molecule has 1 heterocycles. The van der Waals surface area contributed by atoms with Crippen molar-refractivity contribution in [3.63, 3.8) is 0 Å². The first kappa shape index (κ1) is 13.9. The van der Waals surface area contributed by atoms with Gasteiger partial charge in [-0.25, -0.2) is 0 Å². The van der Waals surface area contributed by atoms with E-state index in [-0.39, 0.29) is 5.54 Å². The van der Waals surface area contributed by atoms with Crippen molar-refractivity contribution in [2.24, 2.45) is 0 Å². The van der Waals surface area contributed by atoms with Gasteiger partial charge in [0.2, 0.25) is 0 Å². The Bertz CT molecular complexity index is 189. The number of rotatable bonds is 5. The van der Waals surface area contributed by atoms with Gasteiger partial charge in [-0.05, 0) is 46.6 Å². The lowest BCUT2D eigenvalue weighted by atomic mass is 10.0. The van der Waals surface area contributed by atoms with Crippen molar-refractivity contribution in [3.8, 4) is 0 Å². The summed E-state index contributed by atoms with van der Waals surface area (Å²) in [5.74, 6) is 0. The topological polar surface area (TPSA) is 35.5 Å². The Hall–Kier alpha value is -0.120. The summed E-state index contributed by atoms with van der Waals surface area (Å²) >= 11 is 0. The number of aliphatic hydroxyl groups excluding tert-OH is 1. The minimum absolute atomic E-state index is 0.208. The van der Waals surface area contributed by atoms with Gasteiger partial charge >= 0.3 is 0 Å². The zero-order valence-corrected chi connectivity index (χ0v) is 11.1. The molecule has 1 unspecified atom stereocenters. The molecule has 0 amide bonds. The molecule has 2 N–H and O–H groups in total. The summed E-state index contributed by atoms with van der Waals surface area (Å²) in [4.78, 5) is 2.54. The normalized spacial score (nSPS) is 23.6. The molecule has 1 saturated heterocycles. The molecule has 1 aliphatic rings. The molecule has 96 valence electrons. The van der Waals surface area contributed by atoms with Crippen molar-refractivity contribution >= 4 is 0 Å². The Morgan fingerprint density at radius 3 is 2.69 bits per heavy atom. The highest BCUT2D eigenvalue weighted by Gasteiger charge is 2.23. The maximum Gasteiger partial charge on any atom is 0.0443 e. The van der Waals surface area contributed by atoms with E-state index in [0.717, 1.165) is 19.5 Å². The molecule has 1 rings (SSSR count). The summed E-state index contributed by atoms with van der Waals surface area (Å²) in [6, 6.07) is 0.666. The van der Waals surface area contributed by atoms with Crippen LogP contribution in [0.25, 0.3) is 0 Å². The fourth-order valence-corrected chi connectivity index (χ4v) is 2.28. The number of nitrogens with zero attached hydrogens (tertiary/aromatic N) is 1. The van der Waals surface area contributed by atoms with E-state index in [2.05, 4.69) is 31.0 Å². The molecule has 1 fully saturated rings. The van der Waals surface area contributed by atoms with Crippen molar-refractivity contribution < 1.29 is 5.11 Å². The second-order valence-corrected chi connectivity index (χ2v) is 5.89. The lowest BCUT2D eigenvalue weighted by molar-refractivity contribution is 0.127. The van der Waals surface area contributed by atoms with Crippen molar-refractivity contribution in [1.29, 1.82) is 0 Å². The van der Waals surface area contributed by atoms with Gasteiger partial charge in [0.1, 0.15) is 0 Å². The monoisotopic (exact) mass is 228 g/mol. The molecule has 16 heavy (non-hydrogen) atoms. The second kappa shape index (κ2) is 6.58. The first-order valence-corrected chi connectivity index (χ1v) is 6.63. The van der Waals surface area contributed by atoms with Gasteiger partial charge in [-0.3, -0.25) is 4.90 Å². The molecule has 0 bridgehead atoms. The van der Waals surface area contributed by atoms with Crippen LogP contribution in [0.5, 0.6) is 0 Å². The number of aliphatic hydroxyl groups is 1. The van der Waals surface area contributed by atoms with Gasteiger partial charge < -0.3 is 10.4 Å². The van der Waals surface area contributed by atoms with E-state index in [1.165, 1.54) is 25.8 Å². The first-order chi connectivity index (χ1) is 7.53.